The van der Waals surface area contributed by atoms with Crippen molar-refractivity contribution in [3.05, 3.63) is 36.2 Å². The van der Waals surface area contributed by atoms with Gasteiger partial charge in [-0.1, -0.05) is 42.4 Å². The highest BCUT2D eigenvalue weighted by Crippen LogP contribution is 2.49. The number of aromatic nitrogens is 2. The summed E-state index contributed by atoms with van der Waals surface area (Å²) in [4.78, 5) is 19.1. The van der Waals surface area contributed by atoms with E-state index in [1.54, 1.807) is 0 Å². The smallest absolute Gasteiger partial charge is 0.317 e. The highest BCUT2D eigenvalue weighted by atomic mass is 16.5. The molecule has 2 fully saturated rings. The Hall–Kier alpha value is -2.41. The molecule has 0 saturated carbocycles. The molecule has 1 aromatic carbocycles. The van der Waals surface area contributed by atoms with Gasteiger partial charge in [0.15, 0.2) is 0 Å². The highest BCUT2D eigenvalue weighted by Gasteiger charge is 2.51. The number of ether oxygens (including phenoxy) is 1. The van der Waals surface area contributed by atoms with E-state index in [0.29, 0.717) is 44.6 Å². The first-order valence-electron chi connectivity index (χ1n) is 9.71. The second-order valence-electron chi connectivity index (χ2n) is 7.46. The fourth-order valence-corrected chi connectivity index (χ4v) is 4.17. The third-order valence-electron chi connectivity index (χ3n) is 5.72. The van der Waals surface area contributed by atoms with Crippen LogP contribution in [0.2, 0.25) is 0 Å². The molecule has 2 aromatic rings. The Morgan fingerprint density at radius 2 is 2.07 bits per heavy atom. The molecule has 0 bridgehead atoms. The minimum atomic E-state index is -0.0533. The number of hydrogen-bond acceptors (Lipinski definition) is 5. The number of carbonyl (C=O) groups excluding carboxylic acids is 1. The zero-order valence-corrected chi connectivity index (χ0v) is 15.7. The lowest BCUT2D eigenvalue weighted by molar-refractivity contribution is 0.00943. The van der Waals surface area contributed by atoms with Crippen molar-refractivity contribution >= 4 is 6.03 Å². The largest absolute Gasteiger partial charge is 0.381 e. The first-order chi connectivity index (χ1) is 13.2. The van der Waals surface area contributed by atoms with E-state index in [2.05, 4.69) is 17.4 Å². The summed E-state index contributed by atoms with van der Waals surface area (Å²) < 4.78 is 11.3. The number of rotatable bonds is 4. The molecular formula is C20H26N4O3. The Morgan fingerprint density at radius 1 is 1.30 bits per heavy atom. The van der Waals surface area contributed by atoms with Crippen LogP contribution in [0.25, 0.3) is 11.4 Å². The Kier molecular flexibility index (Phi) is 5.11. The molecule has 27 heavy (non-hydrogen) atoms. The van der Waals surface area contributed by atoms with E-state index in [4.69, 9.17) is 14.2 Å². The Labute approximate surface area is 159 Å². The van der Waals surface area contributed by atoms with Gasteiger partial charge in [0, 0.05) is 43.8 Å². The Balaban J connectivity index is 1.59. The summed E-state index contributed by atoms with van der Waals surface area (Å²) in [6.45, 7) is 5.47. The highest BCUT2D eigenvalue weighted by molar-refractivity contribution is 5.74. The van der Waals surface area contributed by atoms with E-state index >= 15 is 0 Å². The minimum Gasteiger partial charge on any atom is -0.381 e. The van der Waals surface area contributed by atoms with Crippen molar-refractivity contribution in [2.24, 2.45) is 5.41 Å². The Bertz CT molecular complexity index is 771. The van der Waals surface area contributed by atoms with Gasteiger partial charge in [-0.15, -0.1) is 0 Å². The van der Waals surface area contributed by atoms with Gasteiger partial charge < -0.3 is 19.5 Å². The third-order valence-corrected chi connectivity index (χ3v) is 5.72. The summed E-state index contributed by atoms with van der Waals surface area (Å²) in [5.74, 6) is 1.27. The summed E-state index contributed by atoms with van der Waals surface area (Å²) in [5, 5.41) is 7.18. The molecule has 2 aliphatic heterocycles. The number of nitrogens with zero attached hydrogens (tertiary/aromatic N) is 3. The number of likely N-dealkylation sites (tertiary alicyclic amines) is 1. The molecule has 7 heteroatoms. The van der Waals surface area contributed by atoms with E-state index in [-0.39, 0.29) is 17.4 Å². The number of amides is 2. The molecule has 7 nitrogen and oxygen atoms in total. The molecule has 2 aliphatic rings. The molecule has 2 saturated heterocycles. The number of benzene rings is 1. The van der Waals surface area contributed by atoms with Crippen molar-refractivity contribution in [2.75, 3.05) is 32.8 Å². The average molecular weight is 370 g/mol. The van der Waals surface area contributed by atoms with Crippen molar-refractivity contribution in [3.63, 3.8) is 0 Å². The molecule has 1 N–H and O–H groups in total. The van der Waals surface area contributed by atoms with Crippen LogP contribution in [0.1, 0.15) is 38.0 Å². The second-order valence-corrected chi connectivity index (χ2v) is 7.46. The summed E-state index contributed by atoms with van der Waals surface area (Å²) in [5.41, 5.74) is 0.881. The van der Waals surface area contributed by atoms with Gasteiger partial charge in [-0.3, -0.25) is 0 Å². The summed E-state index contributed by atoms with van der Waals surface area (Å²) in [7, 11) is 0. The zero-order valence-electron chi connectivity index (χ0n) is 15.7. The number of hydrogen-bond donors (Lipinski definition) is 1. The van der Waals surface area contributed by atoms with Crippen LogP contribution in [0.5, 0.6) is 0 Å². The fraction of sp³-hybridized carbons (Fsp3) is 0.550. The van der Waals surface area contributed by atoms with Gasteiger partial charge in [0.25, 0.3) is 0 Å². The number of carbonyl (C=O) groups is 1. The van der Waals surface area contributed by atoms with Crippen LogP contribution in [0.3, 0.4) is 0 Å². The van der Waals surface area contributed by atoms with Crippen LogP contribution >= 0.6 is 0 Å². The first kappa shape index (κ1) is 18.0. The van der Waals surface area contributed by atoms with Gasteiger partial charge in [0.05, 0.1) is 5.92 Å². The maximum absolute atomic E-state index is 12.6. The van der Waals surface area contributed by atoms with E-state index in [1.807, 2.05) is 35.2 Å². The predicted molar refractivity (Wildman–Crippen MR) is 100 cm³/mol. The Morgan fingerprint density at radius 3 is 2.81 bits per heavy atom. The van der Waals surface area contributed by atoms with Gasteiger partial charge in [-0.2, -0.15) is 4.98 Å². The molecule has 0 radical (unpaired) electrons. The van der Waals surface area contributed by atoms with Gasteiger partial charge in [-0.05, 0) is 19.3 Å². The maximum Gasteiger partial charge on any atom is 0.317 e. The first-order valence-corrected chi connectivity index (χ1v) is 9.71. The molecule has 1 unspecified atom stereocenters. The van der Waals surface area contributed by atoms with Crippen molar-refractivity contribution in [3.8, 4) is 11.4 Å². The normalized spacial score (nSPS) is 21.5. The van der Waals surface area contributed by atoms with Gasteiger partial charge in [-0.25, -0.2) is 4.79 Å². The standard InChI is InChI=1S/C20H26N4O3/c1-2-10-21-19(25)24-13-16(20(14-24)8-11-26-12-9-20)18-22-17(23-27-18)15-6-4-3-5-7-15/h3-7,16H,2,8-14H2,1H3,(H,21,25). The quantitative estimate of drug-likeness (QED) is 0.895. The molecule has 4 rings (SSSR count). The monoisotopic (exact) mass is 370 g/mol. The average Bonchev–Trinajstić information content (AvgIpc) is 3.33. The van der Waals surface area contributed by atoms with Crippen molar-refractivity contribution < 1.29 is 14.1 Å². The van der Waals surface area contributed by atoms with Crippen LogP contribution in [0.15, 0.2) is 34.9 Å². The van der Waals surface area contributed by atoms with E-state index in [0.717, 1.165) is 24.8 Å². The third kappa shape index (κ3) is 3.56. The summed E-state index contributed by atoms with van der Waals surface area (Å²) >= 11 is 0. The maximum atomic E-state index is 12.6. The minimum absolute atomic E-state index is 0.00647. The van der Waals surface area contributed by atoms with Crippen LogP contribution in [0.4, 0.5) is 4.79 Å². The van der Waals surface area contributed by atoms with Crippen LogP contribution in [0, 0.1) is 5.41 Å². The zero-order chi connectivity index (χ0) is 18.7. The van der Waals surface area contributed by atoms with Crippen molar-refractivity contribution in [2.45, 2.75) is 32.1 Å². The predicted octanol–water partition coefficient (Wildman–Crippen LogP) is 3.05. The molecule has 0 aliphatic carbocycles. The van der Waals surface area contributed by atoms with Gasteiger partial charge in [0.1, 0.15) is 0 Å². The molecule has 1 aromatic heterocycles. The molecule has 144 valence electrons. The molecule has 2 amide bonds. The van der Waals surface area contributed by atoms with Crippen LogP contribution in [-0.4, -0.2) is 53.9 Å². The fourth-order valence-electron chi connectivity index (χ4n) is 4.17. The summed E-state index contributed by atoms with van der Waals surface area (Å²) in [6, 6.07) is 9.82. The second kappa shape index (κ2) is 7.68. The summed E-state index contributed by atoms with van der Waals surface area (Å²) in [6.07, 6.45) is 2.72. The van der Waals surface area contributed by atoms with Crippen molar-refractivity contribution in [1.82, 2.24) is 20.4 Å². The number of nitrogens with one attached hydrogen (secondary N) is 1. The van der Waals surface area contributed by atoms with E-state index in [1.165, 1.54) is 0 Å². The van der Waals surface area contributed by atoms with Crippen LogP contribution < -0.4 is 5.32 Å². The lowest BCUT2D eigenvalue weighted by atomic mass is 9.72. The molecule has 3 heterocycles. The number of urea groups is 1. The topological polar surface area (TPSA) is 80.5 Å². The van der Waals surface area contributed by atoms with E-state index < -0.39 is 0 Å². The molecule has 1 atom stereocenters. The van der Waals surface area contributed by atoms with Crippen LogP contribution in [-0.2, 0) is 4.74 Å². The van der Waals surface area contributed by atoms with Crippen molar-refractivity contribution in [1.29, 1.82) is 0 Å². The van der Waals surface area contributed by atoms with Gasteiger partial charge in [0.2, 0.25) is 11.7 Å². The SMILES string of the molecule is CCCNC(=O)N1CC(c2nc(-c3ccccc3)no2)C2(CCOCC2)C1. The molecular weight excluding hydrogens is 344 g/mol. The van der Waals surface area contributed by atoms with Gasteiger partial charge >= 0.3 is 6.03 Å². The lowest BCUT2D eigenvalue weighted by Gasteiger charge is -2.36. The molecule has 1 spiro atoms. The van der Waals surface area contributed by atoms with E-state index in [9.17, 15) is 4.79 Å². The lowest BCUT2D eigenvalue weighted by Crippen LogP contribution is -2.41.